The molecule has 0 heterocycles. The lowest BCUT2D eigenvalue weighted by molar-refractivity contribution is -0.0504. The number of hydrogen-bond donors (Lipinski definition) is 2. The number of alkyl halides is 2. The summed E-state index contributed by atoms with van der Waals surface area (Å²) in [6.07, 6.45) is 0. The quantitative estimate of drug-likeness (QED) is 0.825. The molecular weight excluding hydrogens is 342 g/mol. The van der Waals surface area contributed by atoms with Crippen LogP contribution in [0.2, 0.25) is 0 Å². The third-order valence-electron chi connectivity index (χ3n) is 3.07. The zero-order valence-corrected chi connectivity index (χ0v) is 13.1. The molecule has 0 aliphatic heterocycles. The highest BCUT2D eigenvalue weighted by atomic mass is 32.2. The smallest absolute Gasteiger partial charge is 0.387 e. The van der Waals surface area contributed by atoms with Crippen molar-refractivity contribution in [3.8, 4) is 5.75 Å². The minimum atomic E-state index is -3.84. The van der Waals surface area contributed by atoms with Crippen LogP contribution in [-0.2, 0) is 16.6 Å². The minimum Gasteiger partial charge on any atom is -0.434 e. The average molecular weight is 356 g/mol. The molecule has 0 unspecified atom stereocenters. The summed E-state index contributed by atoms with van der Waals surface area (Å²) >= 11 is 0. The second-order valence-corrected chi connectivity index (χ2v) is 6.30. The van der Waals surface area contributed by atoms with Gasteiger partial charge in [0.1, 0.15) is 5.75 Å². The van der Waals surface area contributed by atoms with E-state index in [-0.39, 0.29) is 22.8 Å². The molecule has 24 heavy (non-hydrogen) atoms. The van der Waals surface area contributed by atoms with Crippen LogP contribution in [0.15, 0.2) is 53.4 Å². The summed E-state index contributed by atoms with van der Waals surface area (Å²) in [5, 5.41) is 7.51. The monoisotopic (exact) mass is 356 g/mol. The number of halogens is 2. The van der Waals surface area contributed by atoms with Gasteiger partial charge in [-0.05, 0) is 30.3 Å². The molecule has 128 valence electrons. The van der Waals surface area contributed by atoms with Gasteiger partial charge in [-0.25, -0.2) is 13.6 Å². The molecule has 0 saturated carbocycles. The van der Waals surface area contributed by atoms with Gasteiger partial charge >= 0.3 is 6.61 Å². The zero-order valence-electron chi connectivity index (χ0n) is 12.3. The molecule has 3 N–H and O–H groups in total. The Balaban J connectivity index is 2.06. The fourth-order valence-electron chi connectivity index (χ4n) is 1.93. The normalized spacial score (nSPS) is 11.3. The van der Waals surface area contributed by atoms with E-state index in [2.05, 4.69) is 10.1 Å². The lowest BCUT2D eigenvalue weighted by Gasteiger charge is -2.11. The molecule has 0 spiro atoms. The van der Waals surface area contributed by atoms with E-state index >= 15 is 0 Å². The van der Waals surface area contributed by atoms with Gasteiger partial charge in [0.2, 0.25) is 10.0 Å². The molecule has 2 aromatic carbocycles. The first-order valence-corrected chi connectivity index (χ1v) is 8.26. The summed E-state index contributed by atoms with van der Waals surface area (Å²) in [5.74, 6) is -0.528. The largest absolute Gasteiger partial charge is 0.434 e. The Labute approximate surface area is 137 Å². The van der Waals surface area contributed by atoms with Gasteiger partial charge in [0.25, 0.3) is 5.91 Å². The predicted octanol–water partition coefficient (Wildman–Crippen LogP) is 1.87. The Morgan fingerprint density at radius 2 is 1.75 bits per heavy atom. The van der Waals surface area contributed by atoms with Crippen LogP contribution in [-0.4, -0.2) is 20.9 Å². The number of amides is 1. The molecule has 0 aliphatic rings. The van der Waals surface area contributed by atoms with E-state index in [1.165, 1.54) is 36.4 Å². The van der Waals surface area contributed by atoms with E-state index in [1.54, 1.807) is 12.1 Å². The molecule has 2 rings (SSSR count). The fraction of sp³-hybridized carbons (Fsp3) is 0.133. The first kappa shape index (κ1) is 17.8. The van der Waals surface area contributed by atoms with Crippen molar-refractivity contribution in [1.82, 2.24) is 5.32 Å². The summed E-state index contributed by atoms with van der Waals surface area (Å²) in [7, 11) is -3.84. The number of sulfonamides is 1. The number of ether oxygens (including phenoxy) is 1. The highest BCUT2D eigenvalue weighted by Crippen LogP contribution is 2.20. The van der Waals surface area contributed by atoms with Gasteiger partial charge in [-0.3, -0.25) is 4.79 Å². The lowest BCUT2D eigenvalue weighted by atomic mass is 10.2. The third kappa shape index (κ3) is 4.74. The number of rotatable bonds is 6. The number of hydrogen-bond acceptors (Lipinski definition) is 4. The number of para-hydroxylation sites is 1. The molecule has 0 saturated heterocycles. The number of benzene rings is 2. The maximum absolute atomic E-state index is 12.3. The van der Waals surface area contributed by atoms with E-state index in [1.807, 2.05) is 0 Å². The number of primary sulfonamides is 1. The summed E-state index contributed by atoms with van der Waals surface area (Å²) in [4.78, 5) is 11.9. The molecule has 9 heteroatoms. The summed E-state index contributed by atoms with van der Waals surface area (Å²) in [6, 6.07) is 11.1. The van der Waals surface area contributed by atoms with Crippen molar-refractivity contribution < 1.29 is 26.7 Å². The molecule has 0 bridgehead atoms. The van der Waals surface area contributed by atoms with Crippen molar-refractivity contribution in [2.24, 2.45) is 5.14 Å². The van der Waals surface area contributed by atoms with Gasteiger partial charge in [-0.1, -0.05) is 18.2 Å². The zero-order chi connectivity index (χ0) is 17.7. The molecule has 0 atom stereocenters. The number of nitrogens with one attached hydrogen (secondary N) is 1. The molecule has 0 aromatic heterocycles. The number of nitrogens with two attached hydrogens (primary N) is 1. The van der Waals surface area contributed by atoms with Crippen molar-refractivity contribution in [1.29, 1.82) is 0 Å². The van der Waals surface area contributed by atoms with Crippen molar-refractivity contribution >= 4 is 15.9 Å². The van der Waals surface area contributed by atoms with Crippen LogP contribution in [0.1, 0.15) is 15.9 Å². The van der Waals surface area contributed by atoms with Gasteiger partial charge in [0.15, 0.2) is 0 Å². The Morgan fingerprint density at radius 1 is 1.12 bits per heavy atom. The van der Waals surface area contributed by atoms with E-state index in [9.17, 15) is 22.0 Å². The topological polar surface area (TPSA) is 98.5 Å². The minimum absolute atomic E-state index is 0.0291. The number of carbonyl (C=O) groups is 1. The maximum atomic E-state index is 12.3. The van der Waals surface area contributed by atoms with Gasteiger partial charge in [-0.15, -0.1) is 0 Å². The van der Waals surface area contributed by atoms with Crippen molar-refractivity contribution in [2.45, 2.75) is 18.1 Å². The van der Waals surface area contributed by atoms with Gasteiger partial charge in [0, 0.05) is 17.7 Å². The van der Waals surface area contributed by atoms with E-state index < -0.39 is 22.5 Å². The van der Waals surface area contributed by atoms with Crippen molar-refractivity contribution in [2.75, 3.05) is 0 Å². The van der Waals surface area contributed by atoms with Crippen LogP contribution in [0.3, 0.4) is 0 Å². The van der Waals surface area contributed by atoms with Crippen molar-refractivity contribution in [3.05, 3.63) is 59.7 Å². The summed E-state index contributed by atoms with van der Waals surface area (Å²) in [5.41, 5.74) is 0.585. The van der Waals surface area contributed by atoms with Crippen LogP contribution in [0, 0.1) is 0 Å². The van der Waals surface area contributed by atoms with Crippen LogP contribution < -0.4 is 15.2 Å². The highest BCUT2D eigenvalue weighted by Gasteiger charge is 2.12. The molecule has 0 fully saturated rings. The van der Waals surface area contributed by atoms with Gasteiger partial charge in [-0.2, -0.15) is 8.78 Å². The first-order valence-electron chi connectivity index (χ1n) is 6.71. The fourth-order valence-corrected chi connectivity index (χ4v) is 2.45. The predicted molar refractivity (Wildman–Crippen MR) is 82.1 cm³/mol. The first-order chi connectivity index (χ1) is 11.3. The molecule has 2 aromatic rings. The highest BCUT2D eigenvalue weighted by molar-refractivity contribution is 7.89. The lowest BCUT2D eigenvalue weighted by Crippen LogP contribution is -2.23. The Kier molecular flexibility index (Phi) is 5.47. The Morgan fingerprint density at radius 3 is 2.33 bits per heavy atom. The van der Waals surface area contributed by atoms with E-state index in [0.717, 1.165) is 0 Å². The van der Waals surface area contributed by atoms with Gasteiger partial charge < -0.3 is 10.1 Å². The van der Waals surface area contributed by atoms with Gasteiger partial charge in [0.05, 0.1) is 4.90 Å². The SMILES string of the molecule is NS(=O)(=O)c1ccc(C(=O)NCc2ccccc2OC(F)F)cc1. The van der Waals surface area contributed by atoms with E-state index in [4.69, 9.17) is 5.14 Å². The molecular formula is C15H14F2N2O4S. The van der Waals surface area contributed by atoms with Crippen molar-refractivity contribution in [3.63, 3.8) is 0 Å². The van der Waals surface area contributed by atoms with E-state index in [0.29, 0.717) is 5.56 Å². The maximum Gasteiger partial charge on any atom is 0.387 e. The Hall–Kier alpha value is -2.52. The molecule has 0 aliphatic carbocycles. The van der Waals surface area contributed by atoms with Crippen LogP contribution in [0.25, 0.3) is 0 Å². The Bertz CT molecular complexity index is 824. The molecule has 1 amide bonds. The molecule has 0 radical (unpaired) electrons. The van der Waals surface area contributed by atoms with Crippen LogP contribution in [0.5, 0.6) is 5.75 Å². The summed E-state index contributed by atoms with van der Waals surface area (Å²) < 4.78 is 51.3. The molecule has 6 nitrogen and oxygen atoms in total. The van der Waals surface area contributed by atoms with Crippen LogP contribution >= 0.6 is 0 Å². The van der Waals surface area contributed by atoms with Crippen LogP contribution in [0.4, 0.5) is 8.78 Å². The summed E-state index contributed by atoms with van der Waals surface area (Å²) in [6.45, 7) is -2.99. The second-order valence-electron chi connectivity index (χ2n) is 4.74. The average Bonchev–Trinajstić information content (AvgIpc) is 2.52. The standard InChI is InChI=1S/C15H14F2N2O4S/c16-15(17)23-13-4-2-1-3-11(13)9-19-14(20)10-5-7-12(8-6-10)24(18,21)22/h1-8,15H,9H2,(H,19,20)(H2,18,21,22). The second kappa shape index (κ2) is 7.37. The number of carbonyl (C=O) groups excluding carboxylic acids is 1. The third-order valence-corrected chi connectivity index (χ3v) is 4.00.